The summed E-state index contributed by atoms with van der Waals surface area (Å²) in [6, 6.07) is 10.1. The first-order chi connectivity index (χ1) is 11.7. The highest BCUT2D eigenvalue weighted by Crippen LogP contribution is 2.48. The van der Waals surface area contributed by atoms with Gasteiger partial charge in [0, 0.05) is 29.3 Å². The lowest BCUT2D eigenvalue weighted by atomic mass is 10.1. The summed E-state index contributed by atoms with van der Waals surface area (Å²) in [4.78, 5) is 20.8. The van der Waals surface area contributed by atoms with E-state index in [9.17, 15) is 9.18 Å². The Morgan fingerprint density at radius 3 is 2.83 bits per heavy atom. The molecule has 1 aromatic carbocycles. The summed E-state index contributed by atoms with van der Waals surface area (Å²) >= 11 is 1.40. The van der Waals surface area contributed by atoms with Crippen molar-refractivity contribution >= 4 is 22.4 Å². The van der Waals surface area contributed by atoms with Gasteiger partial charge in [-0.05, 0) is 42.2 Å². The van der Waals surface area contributed by atoms with E-state index in [1.807, 2.05) is 17.5 Å². The molecule has 0 aliphatic heterocycles. The summed E-state index contributed by atoms with van der Waals surface area (Å²) in [7, 11) is 0. The Kier molecular flexibility index (Phi) is 3.82. The molecule has 4 nitrogen and oxygen atoms in total. The van der Waals surface area contributed by atoms with Gasteiger partial charge in [0.1, 0.15) is 5.82 Å². The van der Waals surface area contributed by atoms with Crippen LogP contribution < -0.4 is 5.32 Å². The molecular formula is C18H14FN3OS. The number of hydrogen-bond donors (Lipinski definition) is 1. The van der Waals surface area contributed by atoms with Gasteiger partial charge in [-0.2, -0.15) is 0 Å². The van der Waals surface area contributed by atoms with Crippen LogP contribution in [0.15, 0.2) is 54.2 Å². The van der Waals surface area contributed by atoms with E-state index in [1.165, 1.54) is 23.5 Å². The van der Waals surface area contributed by atoms with Gasteiger partial charge in [0.2, 0.25) is 5.91 Å². The van der Waals surface area contributed by atoms with Crippen LogP contribution in [0.2, 0.25) is 0 Å². The number of amides is 1. The molecule has 1 N–H and O–H groups in total. The van der Waals surface area contributed by atoms with Crippen LogP contribution in [-0.4, -0.2) is 15.9 Å². The zero-order valence-electron chi connectivity index (χ0n) is 12.6. The number of thiazole rings is 1. The summed E-state index contributed by atoms with van der Waals surface area (Å²) in [6.45, 7) is 0. The Balaban J connectivity index is 1.41. The maximum atomic E-state index is 13.0. The molecule has 1 saturated carbocycles. The van der Waals surface area contributed by atoms with E-state index < -0.39 is 0 Å². The van der Waals surface area contributed by atoms with Crippen molar-refractivity contribution in [3.8, 4) is 11.3 Å². The quantitative estimate of drug-likeness (QED) is 0.779. The Morgan fingerprint density at radius 2 is 2.08 bits per heavy atom. The average Bonchev–Trinajstić information content (AvgIpc) is 3.28. The average molecular weight is 339 g/mol. The highest BCUT2D eigenvalue weighted by molar-refractivity contribution is 7.14. The number of benzene rings is 1. The Hall–Kier alpha value is -2.60. The summed E-state index contributed by atoms with van der Waals surface area (Å²) < 4.78 is 13.0. The maximum Gasteiger partial charge on any atom is 0.229 e. The summed E-state index contributed by atoms with van der Waals surface area (Å²) in [5.74, 6) is -0.188. The molecule has 1 amide bonds. The van der Waals surface area contributed by atoms with Gasteiger partial charge in [0.25, 0.3) is 0 Å². The molecule has 0 spiro atoms. The second-order valence-corrected chi connectivity index (χ2v) is 6.63. The number of halogens is 1. The molecule has 24 heavy (non-hydrogen) atoms. The number of anilines is 1. The van der Waals surface area contributed by atoms with E-state index in [-0.39, 0.29) is 23.6 Å². The number of nitrogens with zero attached hydrogens (tertiary/aromatic N) is 2. The summed E-state index contributed by atoms with van der Waals surface area (Å²) in [5, 5.41) is 5.37. The minimum atomic E-state index is -0.258. The second-order valence-electron chi connectivity index (χ2n) is 5.77. The van der Waals surface area contributed by atoms with Gasteiger partial charge in [-0.25, -0.2) is 9.37 Å². The van der Waals surface area contributed by atoms with Crippen molar-refractivity contribution in [3.05, 3.63) is 65.6 Å². The number of rotatable bonds is 4. The van der Waals surface area contributed by atoms with Crippen molar-refractivity contribution in [3.63, 3.8) is 0 Å². The molecule has 0 saturated heterocycles. The molecular weight excluding hydrogens is 325 g/mol. The molecule has 2 heterocycles. The lowest BCUT2D eigenvalue weighted by Crippen LogP contribution is -2.14. The normalized spacial score (nSPS) is 19.0. The minimum Gasteiger partial charge on any atom is -0.302 e. The zero-order valence-corrected chi connectivity index (χ0v) is 13.5. The van der Waals surface area contributed by atoms with E-state index in [4.69, 9.17) is 0 Å². The Bertz CT molecular complexity index is 863. The molecule has 3 aromatic rings. The van der Waals surface area contributed by atoms with Gasteiger partial charge in [0.05, 0.1) is 5.69 Å². The third-order valence-corrected chi connectivity index (χ3v) is 4.87. The van der Waals surface area contributed by atoms with Crippen LogP contribution in [0.4, 0.5) is 9.52 Å². The van der Waals surface area contributed by atoms with Crippen molar-refractivity contribution in [1.82, 2.24) is 9.97 Å². The fourth-order valence-corrected chi connectivity index (χ4v) is 3.46. The first kappa shape index (κ1) is 15.0. The topological polar surface area (TPSA) is 54.9 Å². The predicted molar refractivity (Wildman–Crippen MR) is 91.2 cm³/mol. The van der Waals surface area contributed by atoms with Crippen LogP contribution >= 0.6 is 11.3 Å². The number of hydrogen-bond acceptors (Lipinski definition) is 4. The molecule has 1 fully saturated rings. The lowest BCUT2D eigenvalue weighted by Gasteiger charge is -2.02. The lowest BCUT2D eigenvalue weighted by molar-refractivity contribution is -0.117. The largest absolute Gasteiger partial charge is 0.302 e. The minimum absolute atomic E-state index is 0.0311. The van der Waals surface area contributed by atoms with Crippen molar-refractivity contribution < 1.29 is 9.18 Å². The molecule has 6 heteroatoms. The van der Waals surface area contributed by atoms with Gasteiger partial charge >= 0.3 is 0 Å². The molecule has 4 rings (SSSR count). The highest BCUT2D eigenvalue weighted by atomic mass is 32.1. The number of aromatic nitrogens is 2. The second kappa shape index (κ2) is 6.13. The molecule has 2 atom stereocenters. The SMILES string of the molecule is O=C(Nc1nc(-c2cccnc2)cs1)C1CC1c1ccc(F)cc1. The van der Waals surface area contributed by atoms with Crippen LogP contribution in [0.1, 0.15) is 17.9 Å². The standard InChI is InChI=1S/C18H14FN3OS/c19-13-5-3-11(4-6-13)14-8-15(14)17(23)22-18-21-16(10-24-18)12-2-1-7-20-9-12/h1-7,9-10,14-15H,8H2,(H,21,22,23). The number of carbonyl (C=O) groups is 1. The first-order valence-electron chi connectivity index (χ1n) is 7.63. The van der Waals surface area contributed by atoms with Crippen LogP contribution in [0.3, 0.4) is 0 Å². The highest BCUT2D eigenvalue weighted by Gasteiger charge is 2.44. The number of pyridine rings is 1. The van der Waals surface area contributed by atoms with Gasteiger partial charge < -0.3 is 5.32 Å². The predicted octanol–water partition coefficient (Wildman–Crippen LogP) is 4.09. The van der Waals surface area contributed by atoms with E-state index >= 15 is 0 Å². The maximum absolute atomic E-state index is 13.0. The molecule has 1 aliphatic carbocycles. The van der Waals surface area contributed by atoms with Crippen molar-refractivity contribution in [1.29, 1.82) is 0 Å². The monoisotopic (exact) mass is 339 g/mol. The molecule has 120 valence electrons. The third-order valence-electron chi connectivity index (χ3n) is 4.12. The summed E-state index contributed by atoms with van der Waals surface area (Å²) in [5.41, 5.74) is 2.73. The van der Waals surface area contributed by atoms with Gasteiger partial charge in [-0.3, -0.25) is 9.78 Å². The van der Waals surface area contributed by atoms with Crippen molar-refractivity contribution in [2.24, 2.45) is 5.92 Å². The molecule has 1 aliphatic rings. The van der Waals surface area contributed by atoms with E-state index in [0.29, 0.717) is 5.13 Å². The van der Waals surface area contributed by atoms with E-state index in [1.54, 1.807) is 24.5 Å². The summed E-state index contributed by atoms with van der Waals surface area (Å²) in [6.07, 6.45) is 4.24. The molecule has 0 radical (unpaired) electrons. The van der Waals surface area contributed by atoms with Crippen LogP contribution in [-0.2, 0) is 4.79 Å². The van der Waals surface area contributed by atoms with Crippen LogP contribution in [0, 0.1) is 11.7 Å². The Labute approximate surface area is 142 Å². The Morgan fingerprint density at radius 1 is 1.25 bits per heavy atom. The van der Waals surface area contributed by atoms with Crippen molar-refractivity contribution in [2.75, 3.05) is 5.32 Å². The molecule has 0 bridgehead atoms. The van der Waals surface area contributed by atoms with Crippen LogP contribution in [0.5, 0.6) is 0 Å². The number of carbonyl (C=O) groups excluding carboxylic acids is 1. The fourth-order valence-electron chi connectivity index (χ4n) is 2.74. The van der Waals surface area contributed by atoms with Crippen LogP contribution in [0.25, 0.3) is 11.3 Å². The number of nitrogens with one attached hydrogen (secondary N) is 1. The first-order valence-corrected chi connectivity index (χ1v) is 8.51. The zero-order chi connectivity index (χ0) is 16.5. The van der Waals surface area contributed by atoms with Crippen molar-refractivity contribution in [2.45, 2.75) is 12.3 Å². The van der Waals surface area contributed by atoms with Gasteiger partial charge in [-0.1, -0.05) is 12.1 Å². The van der Waals surface area contributed by atoms with E-state index in [0.717, 1.165) is 23.2 Å². The van der Waals surface area contributed by atoms with Gasteiger partial charge in [0.15, 0.2) is 5.13 Å². The molecule has 2 unspecified atom stereocenters. The molecule has 2 aromatic heterocycles. The van der Waals surface area contributed by atoms with Gasteiger partial charge in [-0.15, -0.1) is 11.3 Å². The third kappa shape index (κ3) is 3.05. The van der Waals surface area contributed by atoms with E-state index in [2.05, 4.69) is 15.3 Å². The smallest absolute Gasteiger partial charge is 0.229 e. The fraction of sp³-hybridized carbons (Fsp3) is 0.167.